The van der Waals surface area contributed by atoms with Crippen molar-refractivity contribution in [2.75, 3.05) is 37.5 Å². The van der Waals surface area contributed by atoms with E-state index in [4.69, 9.17) is 9.47 Å². The lowest BCUT2D eigenvalue weighted by atomic mass is 10.2. The zero-order valence-electron chi connectivity index (χ0n) is 15.2. The molecule has 26 heavy (non-hydrogen) atoms. The number of hydrogen-bond acceptors (Lipinski definition) is 6. The summed E-state index contributed by atoms with van der Waals surface area (Å²) in [6.45, 7) is 5.52. The van der Waals surface area contributed by atoms with Crippen molar-refractivity contribution in [2.45, 2.75) is 26.7 Å². The summed E-state index contributed by atoms with van der Waals surface area (Å²) in [5.41, 5.74) is 1.24. The first-order chi connectivity index (χ1) is 12.6. The Morgan fingerprint density at radius 2 is 2.04 bits per heavy atom. The number of amides is 3. The minimum atomic E-state index is -0.299. The number of nitrogens with zero attached hydrogens (tertiary/aromatic N) is 1. The number of ether oxygens (including phenoxy) is 2. The normalized spacial score (nSPS) is 10.6. The lowest BCUT2D eigenvalue weighted by molar-refractivity contribution is -0.115. The summed E-state index contributed by atoms with van der Waals surface area (Å²) in [7, 11) is 1.54. The third kappa shape index (κ3) is 5.57. The van der Waals surface area contributed by atoms with Crippen LogP contribution in [0.1, 0.15) is 26.7 Å². The smallest absolute Gasteiger partial charge is 0.319 e. The van der Waals surface area contributed by atoms with E-state index >= 15 is 0 Å². The first kappa shape index (κ1) is 19.9. The van der Waals surface area contributed by atoms with Crippen molar-refractivity contribution in [1.29, 1.82) is 0 Å². The second kappa shape index (κ2) is 9.93. The highest BCUT2D eigenvalue weighted by Crippen LogP contribution is 2.35. The molecular formula is C17H24N4O4S. The van der Waals surface area contributed by atoms with Gasteiger partial charge in [-0.2, -0.15) is 0 Å². The molecule has 0 fully saturated rings. The Bertz CT molecular complexity index is 763. The van der Waals surface area contributed by atoms with Crippen LogP contribution in [0.5, 0.6) is 5.75 Å². The lowest BCUT2D eigenvalue weighted by Crippen LogP contribution is -2.30. The molecule has 2 rings (SSSR count). The van der Waals surface area contributed by atoms with Crippen molar-refractivity contribution in [3.8, 4) is 5.75 Å². The van der Waals surface area contributed by atoms with Gasteiger partial charge in [-0.05, 0) is 19.4 Å². The van der Waals surface area contributed by atoms with Gasteiger partial charge in [-0.3, -0.25) is 4.79 Å². The van der Waals surface area contributed by atoms with Crippen molar-refractivity contribution in [3.63, 3.8) is 0 Å². The molecule has 0 saturated heterocycles. The number of nitrogens with one attached hydrogen (secondary N) is 3. The Balaban J connectivity index is 2.05. The van der Waals surface area contributed by atoms with Crippen LogP contribution in [-0.4, -0.2) is 43.8 Å². The van der Waals surface area contributed by atoms with Gasteiger partial charge in [0.25, 0.3) is 0 Å². The van der Waals surface area contributed by atoms with Crippen LogP contribution in [0, 0.1) is 0 Å². The molecule has 3 N–H and O–H groups in total. The molecule has 2 aromatic rings. The molecule has 0 radical (unpaired) electrons. The first-order valence-electron chi connectivity index (χ1n) is 8.48. The number of rotatable bonds is 9. The second-order valence-electron chi connectivity index (χ2n) is 5.38. The zero-order chi connectivity index (χ0) is 18.9. The van der Waals surface area contributed by atoms with Gasteiger partial charge in [-0.15, -0.1) is 0 Å². The lowest BCUT2D eigenvalue weighted by Gasteiger charge is -2.09. The summed E-state index contributed by atoms with van der Waals surface area (Å²) in [5, 5.41) is 8.80. The minimum Gasteiger partial charge on any atom is -0.494 e. The molecule has 3 amide bonds. The van der Waals surface area contributed by atoms with Crippen LogP contribution in [0.3, 0.4) is 0 Å². The number of carbonyl (C=O) groups excluding carboxylic acids is 2. The van der Waals surface area contributed by atoms with Crippen molar-refractivity contribution in [3.05, 3.63) is 12.1 Å². The summed E-state index contributed by atoms with van der Waals surface area (Å²) in [6, 6.07) is 3.20. The minimum absolute atomic E-state index is 0.104. The van der Waals surface area contributed by atoms with Gasteiger partial charge < -0.3 is 25.4 Å². The van der Waals surface area contributed by atoms with E-state index in [-0.39, 0.29) is 11.9 Å². The predicted molar refractivity (Wildman–Crippen MR) is 103 cm³/mol. The molecule has 1 aromatic carbocycles. The standard InChI is InChI=1S/C17H24N4O4S/c1-4-14(22)20-17-21-15-12(24-3)9-11(10-13(15)26-17)19-16(23)18-7-6-8-25-5-2/h9-10H,4-8H2,1-3H3,(H2,18,19,23)(H,20,21,22). The molecule has 0 bridgehead atoms. The number of anilines is 2. The Morgan fingerprint density at radius 3 is 2.73 bits per heavy atom. The van der Waals surface area contributed by atoms with Gasteiger partial charge >= 0.3 is 6.03 Å². The van der Waals surface area contributed by atoms with Crippen molar-refractivity contribution >= 4 is 44.3 Å². The van der Waals surface area contributed by atoms with Gasteiger partial charge in [0.05, 0.1) is 11.8 Å². The van der Waals surface area contributed by atoms with Crippen LogP contribution >= 0.6 is 11.3 Å². The number of methoxy groups -OCH3 is 1. The van der Waals surface area contributed by atoms with E-state index in [1.807, 2.05) is 6.92 Å². The Morgan fingerprint density at radius 1 is 1.23 bits per heavy atom. The van der Waals surface area contributed by atoms with Gasteiger partial charge in [-0.1, -0.05) is 18.3 Å². The average molecular weight is 380 g/mol. The maximum Gasteiger partial charge on any atom is 0.319 e. The van der Waals surface area contributed by atoms with E-state index in [9.17, 15) is 9.59 Å². The largest absolute Gasteiger partial charge is 0.494 e. The summed E-state index contributed by atoms with van der Waals surface area (Å²) in [4.78, 5) is 27.9. The van der Waals surface area contributed by atoms with Crippen molar-refractivity contribution in [2.24, 2.45) is 0 Å². The molecule has 142 valence electrons. The fraction of sp³-hybridized carbons (Fsp3) is 0.471. The van der Waals surface area contributed by atoms with Gasteiger partial charge in [0, 0.05) is 37.9 Å². The van der Waals surface area contributed by atoms with Crippen LogP contribution in [0.4, 0.5) is 15.6 Å². The molecule has 0 spiro atoms. The molecule has 0 aliphatic rings. The topological polar surface area (TPSA) is 102 Å². The molecule has 1 heterocycles. The van der Waals surface area contributed by atoms with E-state index in [1.165, 1.54) is 18.4 Å². The number of carbonyl (C=O) groups is 2. The zero-order valence-corrected chi connectivity index (χ0v) is 16.0. The fourth-order valence-electron chi connectivity index (χ4n) is 2.18. The molecule has 9 heteroatoms. The average Bonchev–Trinajstić information content (AvgIpc) is 3.02. The quantitative estimate of drug-likeness (QED) is 0.580. The highest BCUT2D eigenvalue weighted by atomic mass is 32.1. The Hall–Kier alpha value is -2.39. The number of fused-ring (bicyclic) bond motifs is 1. The first-order valence-corrected chi connectivity index (χ1v) is 9.30. The van der Waals surface area contributed by atoms with Crippen LogP contribution in [0.2, 0.25) is 0 Å². The summed E-state index contributed by atoms with van der Waals surface area (Å²) in [5.74, 6) is 0.426. The highest BCUT2D eigenvalue weighted by molar-refractivity contribution is 7.22. The number of benzene rings is 1. The van der Waals surface area contributed by atoms with E-state index < -0.39 is 0 Å². The van der Waals surface area contributed by atoms with Crippen molar-refractivity contribution < 1.29 is 19.1 Å². The molecule has 0 aliphatic carbocycles. The second-order valence-corrected chi connectivity index (χ2v) is 6.41. The highest BCUT2D eigenvalue weighted by Gasteiger charge is 2.13. The van der Waals surface area contributed by atoms with Gasteiger partial charge in [0.1, 0.15) is 11.3 Å². The summed E-state index contributed by atoms with van der Waals surface area (Å²) in [6.07, 6.45) is 1.13. The van der Waals surface area contributed by atoms with Crippen LogP contribution in [0.25, 0.3) is 10.2 Å². The monoisotopic (exact) mass is 380 g/mol. The molecular weight excluding hydrogens is 356 g/mol. The van der Waals surface area contributed by atoms with Crippen molar-refractivity contribution in [1.82, 2.24) is 10.3 Å². The number of thiazole rings is 1. The number of urea groups is 1. The molecule has 0 aliphatic heterocycles. The van der Waals surface area contributed by atoms with E-state index in [1.54, 1.807) is 19.1 Å². The third-order valence-electron chi connectivity index (χ3n) is 3.46. The van der Waals surface area contributed by atoms with Crippen LogP contribution in [0.15, 0.2) is 12.1 Å². The van der Waals surface area contributed by atoms with Gasteiger partial charge in [0.15, 0.2) is 5.13 Å². The number of hydrogen-bond donors (Lipinski definition) is 3. The fourth-order valence-corrected chi connectivity index (χ4v) is 3.12. The van der Waals surface area contributed by atoms with Crippen LogP contribution in [-0.2, 0) is 9.53 Å². The van der Waals surface area contributed by atoms with Gasteiger partial charge in [0.2, 0.25) is 5.91 Å². The summed E-state index contributed by atoms with van der Waals surface area (Å²) < 4.78 is 11.4. The van der Waals surface area contributed by atoms with Crippen LogP contribution < -0.4 is 20.7 Å². The van der Waals surface area contributed by atoms with E-state index in [0.29, 0.717) is 48.3 Å². The molecule has 0 unspecified atom stereocenters. The maximum absolute atomic E-state index is 12.0. The maximum atomic E-state index is 12.0. The molecule has 1 aromatic heterocycles. The molecule has 0 atom stereocenters. The predicted octanol–water partition coefficient (Wildman–Crippen LogP) is 3.20. The molecule has 8 nitrogen and oxygen atoms in total. The Kier molecular flexibility index (Phi) is 7.61. The van der Waals surface area contributed by atoms with Gasteiger partial charge in [-0.25, -0.2) is 9.78 Å². The SMILES string of the molecule is CCOCCCNC(=O)Nc1cc(OC)c2nc(NC(=O)CC)sc2c1. The van der Waals surface area contributed by atoms with E-state index in [2.05, 4.69) is 20.9 Å². The molecule has 0 saturated carbocycles. The number of aromatic nitrogens is 1. The summed E-state index contributed by atoms with van der Waals surface area (Å²) >= 11 is 1.33. The van der Waals surface area contributed by atoms with E-state index in [0.717, 1.165) is 11.1 Å². The third-order valence-corrected chi connectivity index (χ3v) is 4.38. The Labute approximate surface area is 156 Å².